The van der Waals surface area contributed by atoms with Crippen LogP contribution in [-0.4, -0.2) is 28.9 Å². The summed E-state index contributed by atoms with van der Waals surface area (Å²) in [7, 11) is -3.69. The lowest BCUT2D eigenvalue weighted by atomic mass is 10.2. The maximum atomic E-state index is 12.6. The van der Waals surface area contributed by atoms with Gasteiger partial charge in [0.25, 0.3) is 15.9 Å². The third kappa shape index (κ3) is 4.90. The number of nitrogens with one attached hydrogen (secondary N) is 2. The predicted molar refractivity (Wildman–Crippen MR) is 134 cm³/mol. The fraction of sp³-hybridized carbons (Fsp3) is 0.0385. The van der Waals surface area contributed by atoms with E-state index in [0.29, 0.717) is 17.8 Å². The van der Waals surface area contributed by atoms with Crippen LogP contribution >= 0.6 is 0 Å². The standard InChI is InChI=1S/C26H21N5O3S/c32-26(20-11-13-21(14-12-20)30-35(33,34)22-6-2-1-3-7-22)28-17-19-10-15-25(27-16-19)31-18-29-23-8-4-5-9-24(23)31/h1-16,18,30H,17H2,(H,28,32). The van der Waals surface area contributed by atoms with Crippen LogP contribution in [0.4, 0.5) is 5.69 Å². The Morgan fingerprint density at radius 3 is 2.31 bits per heavy atom. The summed E-state index contributed by atoms with van der Waals surface area (Å²) in [4.78, 5) is 21.6. The average molecular weight is 484 g/mol. The molecule has 2 heterocycles. The zero-order chi connectivity index (χ0) is 24.3. The first-order valence-electron chi connectivity index (χ1n) is 10.8. The molecule has 0 saturated heterocycles. The van der Waals surface area contributed by atoms with Gasteiger partial charge < -0.3 is 5.32 Å². The molecule has 0 atom stereocenters. The van der Waals surface area contributed by atoms with E-state index in [2.05, 4.69) is 20.0 Å². The molecule has 0 spiro atoms. The van der Waals surface area contributed by atoms with Crippen molar-refractivity contribution >= 4 is 32.7 Å². The van der Waals surface area contributed by atoms with Crippen LogP contribution in [0, 0.1) is 0 Å². The smallest absolute Gasteiger partial charge is 0.261 e. The molecule has 2 aromatic heterocycles. The van der Waals surface area contributed by atoms with E-state index in [1.165, 1.54) is 12.1 Å². The van der Waals surface area contributed by atoms with Gasteiger partial charge in [-0.25, -0.2) is 18.4 Å². The summed E-state index contributed by atoms with van der Waals surface area (Å²) in [5.74, 6) is 0.467. The summed E-state index contributed by atoms with van der Waals surface area (Å²) in [6, 6.07) is 26.0. The Labute approximate surface area is 202 Å². The topological polar surface area (TPSA) is 106 Å². The second kappa shape index (κ2) is 9.40. The Morgan fingerprint density at radius 1 is 0.829 bits per heavy atom. The lowest BCUT2D eigenvalue weighted by molar-refractivity contribution is 0.0951. The SMILES string of the molecule is O=C(NCc1ccc(-n2cnc3ccccc32)nc1)c1ccc(NS(=O)(=O)c2ccccc2)cc1. The van der Waals surface area contributed by atoms with E-state index in [4.69, 9.17) is 0 Å². The molecule has 9 heteroatoms. The zero-order valence-corrected chi connectivity index (χ0v) is 19.3. The molecule has 0 saturated carbocycles. The molecule has 0 radical (unpaired) electrons. The number of carbonyl (C=O) groups excluding carboxylic acids is 1. The van der Waals surface area contributed by atoms with Crippen molar-refractivity contribution in [2.24, 2.45) is 0 Å². The van der Waals surface area contributed by atoms with Gasteiger partial charge in [-0.15, -0.1) is 0 Å². The Balaban J connectivity index is 1.20. The highest BCUT2D eigenvalue weighted by Crippen LogP contribution is 2.18. The average Bonchev–Trinajstić information content (AvgIpc) is 3.33. The van der Waals surface area contributed by atoms with Gasteiger partial charge in [-0.2, -0.15) is 0 Å². The number of aromatic nitrogens is 3. The fourth-order valence-corrected chi connectivity index (χ4v) is 4.67. The van der Waals surface area contributed by atoms with Crippen molar-refractivity contribution in [3.63, 3.8) is 0 Å². The van der Waals surface area contributed by atoms with E-state index in [1.807, 2.05) is 41.0 Å². The van der Waals surface area contributed by atoms with E-state index in [9.17, 15) is 13.2 Å². The number of fused-ring (bicyclic) bond motifs is 1. The van der Waals surface area contributed by atoms with Gasteiger partial charge in [0.05, 0.1) is 15.9 Å². The molecule has 0 aliphatic carbocycles. The van der Waals surface area contributed by atoms with Crippen LogP contribution < -0.4 is 10.0 Å². The maximum Gasteiger partial charge on any atom is 0.261 e. The van der Waals surface area contributed by atoms with Gasteiger partial charge in [0.2, 0.25) is 0 Å². The van der Waals surface area contributed by atoms with E-state index in [0.717, 1.165) is 22.4 Å². The number of carbonyl (C=O) groups is 1. The number of pyridine rings is 1. The van der Waals surface area contributed by atoms with Crippen LogP contribution in [0.2, 0.25) is 0 Å². The number of amides is 1. The number of nitrogens with zero attached hydrogens (tertiary/aromatic N) is 3. The Bertz CT molecular complexity index is 1580. The van der Waals surface area contributed by atoms with Gasteiger partial charge >= 0.3 is 0 Å². The van der Waals surface area contributed by atoms with Crippen LogP contribution in [0.15, 0.2) is 108 Å². The largest absolute Gasteiger partial charge is 0.348 e. The summed E-state index contributed by atoms with van der Waals surface area (Å²) in [6.07, 6.45) is 3.45. The van der Waals surface area contributed by atoms with Crippen molar-refractivity contribution in [3.8, 4) is 5.82 Å². The monoisotopic (exact) mass is 483 g/mol. The molecule has 1 amide bonds. The predicted octanol–water partition coefficient (Wildman–Crippen LogP) is 4.15. The molecule has 0 fully saturated rings. The summed E-state index contributed by atoms with van der Waals surface area (Å²) in [6.45, 7) is 0.305. The molecule has 174 valence electrons. The number of anilines is 1. The lowest BCUT2D eigenvalue weighted by Crippen LogP contribution is -2.23. The summed E-state index contributed by atoms with van der Waals surface area (Å²) in [5.41, 5.74) is 3.50. The lowest BCUT2D eigenvalue weighted by Gasteiger charge is -2.10. The second-order valence-electron chi connectivity index (χ2n) is 7.81. The van der Waals surface area contributed by atoms with Crippen molar-refractivity contribution in [3.05, 3.63) is 115 Å². The second-order valence-corrected chi connectivity index (χ2v) is 9.49. The molecule has 0 bridgehead atoms. The first kappa shape index (κ1) is 22.3. The van der Waals surface area contributed by atoms with Crippen LogP contribution in [0.5, 0.6) is 0 Å². The van der Waals surface area contributed by atoms with Gasteiger partial charge in [0, 0.05) is 24.0 Å². The molecule has 5 aromatic rings. The first-order chi connectivity index (χ1) is 17.0. The summed E-state index contributed by atoms with van der Waals surface area (Å²) >= 11 is 0. The number of hydrogen-bond donors (Lipinski definition) is 2. The van der Waals surface area contributed by atoms with Gasteiger partial charge in [0.15, 0.2) is 0 Å². The normalized spacial score (nSPS) is 11.3. The molecule has 2 N–H and O–H groups in total. The van der Waals surface area contributed by atoms with Crippen LogP contribution in [0.1, 0.15) is 15.9 Å². The zero-order valence-electron chi connectivity index (χ0n) is 18.5. The van der Waals surface area contributed by atoms with Crippen LogP contribution in [-0.2, 0) is 16.6 Å². The fourth-order valence-electron chi connectivity index (χ4n) is 3.59. The molecular formula is C26H21N5O3S. The molecule has 35 heavy (non-hydrogen) atoms. The Hall–Kier alpha value is -4.50. The van der Waals surface area contributed by atoms with Gasteiger partial charge in [-0.1, -0.05) is 36.4 Å². The molecule has 0 aliphatic heterocycles. The Morgan fingerprint density at radius 2 is 1.57 bits per heavy atom. The minimum absolute atomic E-state index is 0.169. The van der Waals surface area contributed by atoms with E-state index in [-0.39, 0.29) is 10.8 Å². The molecule has 0 aliphatic rings. The minimum atomic E-state index is -3.69. The molecule has 8 nitrogen and oxygen atoms in total. The van der Waals surface area contributed by atoms with Crippen molar-refractivity contribution in [2.45, 2.75) is 11.4 Å². The number of hydrogen-bond acceptors (Lipinski definition) is 5. The molecule has 5 rings (SSSR count). The van der Waals surface area contributed by atoms with Crippen molar-refractivity contribution < 1.29 is 13.2 Å². The minimum Gasteiger partial charge on any atom is -0.348 e. The quantitative estimate of drug-likeness (QED) is 0.362. The first-order valence-corrected chi connectivity index (χ1v) is 12.3. The van der Waals surface area contributed by atoms with Crippen molar-refractivity contribution in [1.29, 1.82) is 0 Å². The number of para-hydroxylation sites is 2. The molecular weight excluding hydrogens is 462 g/mol. The third-order valence-corrected chi connectivity index (χ3v) is 6.81. The number of rotatable bonds is 7. The van der Waals surface area contributed by atoms with Gasteiger partial charge in [0.1, 0.15) is 12.1 Å². The van der Waals surface area contributed by atoms with Crippen LogP contribution in [0.3, 0.4) is 0 Å². The van der Waals surface area contributed by atoms with E-state index >= 15 is 0 Å². The third-order valence-electron chi connectivity index (χ3n) is 5.42. The highest BCUT2D eigenvalue weighted by molar-refractivity contribution is 7.92. The van der Waals surface area contributed by atoms with Gasteiger partial charge in [-0.3, -0.25) is 14.1 Å². The summed E-state index contributed by atoms with van der Waals surface area (Å²) in [5, 5.41) is 2.86. The van der Waals surface area contributed by atoms with E-state index in [1.54, 1.807) is 55.0 Å². The molecule has 3 aromatic carbocycles. The molecule has 0 unspecified atom stereocenters. The maximum absolute atomic E-state index is 12.6. The number of imidazole rings is 1. The van der Waals surface area contributed by atoms with Gasteiger partial charge in [-0.05, 0) is 60.2 Å². The van der Waals surface area contributed by atoms with Crippen molar-refractivity contribution in [1.82, 2.24) is 19.9 Å². The van der Waals surface area contributed by atoms with E-state index < -0.39 is 10.0 Å². The van der Waals surface area contributed by atoms with Crippen molar-refractivity contribution in [2.75, 3.05) is 4.72 Å². The number of sulfonamides is 1. The highest BCUT2D eigenvalue weighted by Gasteiger charge is 2.14. The number of benzene rings is 3. The Kier molecular flexibility index (Phi) is 5.99. The summed E-state index contributed by atoms with van der Waals surface area (Å²) < 4.78 is 29.3. The highest BCUT2D eigenvalue weighted by atomic mass is 32.2. The van der Waals surface area contributed by atoms with Crippen LogP contribution in [0.25, 0.3) is 16.9 Å².